The van der Waals surface area contributed by atoms with E-state index in [0.29, 0.717) is 13.1 Å². The largest absolute Gasteiger partial charge is 0.373 e. The normalized spacial score (nSPS) is 28.3. The SMILES string of the molecule is CN1CCOC2CN(C(=O)C(C)(N)c3ccc(Br)cc3)CC21. The van der Waals surface area contributed by atoms with E-state index in [9.17, 15) is 4.79 Å². The molecular weight excluding hydrogens is 346 g/mol. The van der Waals surface area contributed by atoms with Gasteiger partial charge in [-0.05, 0) is 31.7 Å². The molecule has 1 aromatic carbocycles. The minimum atomic E-state index is -1.02. The molecule has 0 bridgehead atoms. The molecule has 0 spiro atoms. The number of hydrogen-bond donors (Lipinski definition) is 1. The van der Waals surface area contributed by atoms with Crippen LogP contribution in [0.3, 0.4) is 0 Å². The molecule has 0 saturated carbocycles. The second kappa shape index (κ2) is 5.92. The van der Waals surface area contributed by atoms with Crippen molar-refractivity contribution in [1.82, 2.24) is 9.80 Å². The number of nitrogens with zero attached hydrogens (tertiary/aromatic N) is 2. The van der Waals surface area contributed by atoms with Gasteiger partial charge in [0, 0.05) is 24.1 Å². The van der Waals surface area contributed by atoms with Gasteiger partial charge in [0.15, 0.2) is 0 Å². The third-order valence-electron chi connectivity index (χ3n) is 4.75. The molecule has 2 saturated heterocycles. The van der Waals surface area contributed by atoms with E-state index in [1.807, 2.05) is 29.2 Å². The number of nitrogens with two attached hydrogens (primary N) is 1. The van der Waals surface area contributed by atoms with Gasteiger partial charge in [0.2, 0.25) is 5.91 Å². The van der Waals surface area contributed by atoms with Gasteiger partial charge in [-0.15, -0.1) is 0 Å². The number of carbonyl (C=O) groups excluding carboxylic acids is 1. The predicted molar refractivity (Wildman–Crippen MR) is 88.4 cm³/mol. The van der Waals surface area contributed by atoms with Crippen molar-refractivity contribution >= 4 is 21.8 Å². The Morgan fingerprint density at radius 1 is 1.36 bits per heavy atom. The minimum Gasteiger partial charge on any atom is -0.373 e. The summed E-state index contributed by atoms with van der Waals surface area (Å²) in [6.45, 7) is 4.73. The van der Waals surface area contributed by atoms with Crippen LogP contribution in [-0.2, 0) is 15.1 Å². The lowest BCUT2D eigenvalue weighted by Crippen LogP contribution is -2.51. The first-order chi connectivity index (χ1) is 10.4. The minimum absolute atomic E-state index is 0.0405. The maximum Gasteiger partial charge on any atom is 0.247 e. The fourth-order valence-electron chi connectivity index (χ4n) is 3.27. The lowest BCUT2D eigenvalue weighted by atomic mass is 9.92. The number of ether oxygens (including phenoxy) is 1. The molecule has 0 aromatic heterocycles. The molecule has 5 nitrogen and oxygen atoms in total. The highest BCUT2D eigenvalue weighted by atomic mass is 79.9. The molecule has 3 unspecified atom stereocenters. The van der Waals surface area contributed by atoms with Crippen molar-refractivity contribution < 1.29 is 9.53 Å². The van der Waals surface area contributed by atoms with Gasteiger partial charge in [-0.1, -0.05) is 28.1 Å². The van der Waals surface area contributed by atoms with E-state index in [1.54, 1.807) is 6.92 Å². The van der Waals surface area contributed by atoms with Crippen LogP contribution in [0.5, 0.6) is 0 Å². The Bertz CT molecular complexity index is 561. The van der Waals surface area contributed by atoms with Crippen LogP contribution in [0.2, 0.25) is 0 Å². The zero-order chi connectivity index (χ0) is 15.9. The summed E-state index contributed by atoms with van der Waals surface area (Å²) in [5.74, 6) is -0.0405. The Morgan fingerprint density at radius 3 is 2.68 bits per heavy atom. The molecule has 1 aromatic rings. The van der Waals surface area contributed by atoms with E-state index in [4.69, 9.17) is 10.5 Å². The van der Waals surface area contributed by atoms with E-state index in [-0.39, 0.29) is 18.1 Å². The van der Waals surface area contributed by atoms with E-state index in [2.05, 4.69) is 27.9 Å². The van der Waals surface area contributed by atoms with Gasteiger partial charge in [-0.2, -0.15) is 0 Å². The Labute approximate surface area is 139 Å². The van der Waals surface area contributed by atoms with Gasteiger partial charge in [-0.3, -0.25) is 9.69 Å². The second-order valence-corrected chi connectivity index (χ2v) is 7.29. The number of benzene rings is 1. The van der Waals surface area contributed by atoms with Crippen molar-refractivity contribution in [1.29, 1.82) is 0 Å². The fourth-order valence-corrected chi connectivity index (χ4v) is 3.54. The topological polar surface area (TPSA) is 58.8 Å². The lowest BCUT2D eigenvalue weighted by Gasteiger charge is -2.33. The lowest BCUT2D eigenvalue weighted by molar-refractivity contribution is -0.136. The Morgan fingerprint density at radius 2 is 2.05 bits per heavy atom. The van der Waals surface area contributed by atoms with Crippen LogP contribution in [0.25, 0.3) is 0 Å². The Hall–Kier alpha value is -0.950. The zero-order valence-corrected chi connectivity index (χ0v) is 14.5. The first-order valence-electron chi connectivity index (χ1n) is 7.56. The summed E-state index contributed by atoms with van der Waals surface area (Å²) in [7, 11) is 2.09. The highest BCUT2D eigenvalue weighted by Gasteiger charge is 2.44. The summed E-state index contributed by atoms with van der Waals surface area (Å²) >= 11 is 3.41. The smallest absolute Gasteiger partial charge is 0.247 e. The van der Waals surface area contributed by atoms with E-state index in [0.717, 1.165) is 23.2 Å². The Kier molecular flexibility index (Phi) is 4.29. The van der Waals surface area contributed by atoms with Crippen LogP contribution in [-0.4, -0.2) is 61.1 Å². The summed E-state index contributed by atoms with van der Waals surface area (Å²) in [4.78, 5) is 17.0. The number of rotatable bonds is 2. The van der Waals surface area contributed by atoms with Crippen molar-refractivity contribution in [3.05, 3.63) is 34.3 Å². The third-order valence-corrected chi connectivity index (χ3v) is 5.28. The summed E-state index contributed by atoms with van der Waals surface area (Å²) in [6, 6.07) is 7.89. The molecule has 2 heterocycles. The molecule has 2 fully saturated rings. The number of morpholine rings is 1. The molecule has 6 heteroatoms. The van der Waals surface area contributed by atoms with Crippen LogP contribution >= 0.6 is 15.9 Å². The molecule has 120 valence electrons. The molecule has 22 heavy (non-hydrogen) atoms. The van der Waals surface area contributed by atoms with Gasteiger partial charge in [0.05, 0.1) is 18.8 Å². The van der Waals surface area contributed by atoms with Gasteiger partial charge in [0.1, 0.15) is 5.54 Å². The van der Waals surface area contributed by atoms with Gasteiger partial charge < -0.3 is 15.4 Å². The highest BCUT2D eigenvalue weighted by Crippen LogP contribution is 2.27. The number of halogens is 1. The van der Waals surface area contributed by atoms with Gasteiger partial charge in [-0.25, -0.2) is 0 Å². The molecule has 2 aliphatic rings. The van der Waals surface area contributed by atoms with E-state index >= 15 is 0 Å². The van der Waals surface area contributed by atoms with E-state index < -0.39 is 5.54 Å². The van der Waals surface area contributed by atoms with Crippen LogP contribution in [0, 0.1) is 0 Å². The molecule has 3 rings (SSSR count). The number of fused-ring (bicyclic) bond motifs is 1. The highest BCUT2D eigenvalue weighted by molar-refractivity contribution is 9.10. The number of carbonyl (C=O) groups is 1. The number of likely N-dealkylation sites (N-methyl/N-ethyl adjacent to an activating group) is 1. The van der Waals surface area contributed by atoms with Gasteiger partial charge in [0.25, 0.3) is 0 Å². The number of amides is 1. The number of likely N-dealkylation sites (tertiary alicyclic amines) is 1. The van der Waals surface area contributed by atoms with Crippen molar-refractivity contribution in [3.8, 4) is 0 Å². The average molecular weight is 368 g/mol. The van der Waals surface area contributed by atoms with Gasteiger partial charge >= 0.3 is 0 Å². The first-order valence-corrected chi connectivity index (χ1v) is 8.35. The maximum atomic E-state index is 12.9. The molecular formula is C16H22BrN3O2. The van der Waals surface area contributed by atoms with Crippen molar-refractivity contribution in [3.63, 3.8) is 0 Å². The van der Waals surface area contributed by atoms with Crippen molar-refractivity contribution in [2.75, 3.05) is 33.3 Å². The molecule has 3 atom stereocenters. The van der Waals surface area contributed by atoms with Crippen LogP contribution < -0.4 is 5.73 Å². The first kappa shape index (κ1) is 15.9. The van der Waals surface area contributed by atoms with Crippen LogP contribution in [0.1, 0.15) is 12.5 Å². The fraction of sp³-hybridized carbons (Fsp3) is 0.562. The Balaban J connectivity index is 1.77. The van der Waals surface area contributed by atoms with E-state index in [1.165, 1.54) is 0 Å². The van der Waals surface area contributed by atoms with Crippen LogP contribution in [0.15, 0.2) is 28.7 Å². The molecule has 0 radical (unpaired) electrons. The average Bonchev–Trinajstić information content (AvgIpc) is 2.92. The predicted octanol–water partition coefficient (Wildman–Crippen LogP) is 1.16. The molecule has 2 aliphatic heterocycles. The summed E-state index contributed by atoms with van der Waals surface area (Å²) in [5, 5.41) is 0. The third kappa shape index (κ3) is 2.80. The zero-order valence-electron chi connectivity index (χ0n) is 13.0. The molecule has 1 amide bonds. The molecule has 2 N–H and O–H groups in total. The quantitative estimate of drug-likeness (QED) is 0.852. The van der Waals surface area contributed by atoms with Crippen molar-refractivity contribution in [2.45, 2.75) is 24.6 Å². The summed E-state index contributed by atoms with van der Waals surface area (Å²) < 4.78 is 6.78. The molecule has 0 aliphatic carbocycles. The second-order valence-electron chi connectivity index (χ2n) is 6.38. The maximum absolute atomic E-state index is 12.9. The van der Waals surface area contributed by atoms with Crippen molar-refractivity contribution in [2.24, 2.45) is 5.73 Å². The summed E-state index contributed by atoms with van der Waals surface area (Å²) in [5.41, 5.74) is 6.18. The monoisotopic (exact) mass is 367 g/mol. The summed E-state index contributed by atoms with van der Waals surface area (Å²) in [6.07, 6.45) is 0.100. The van der Waals surface area contributed by atoms with Crippen LogP contribution in [0.4, 0.5) is 0 Å². The number of hydrogen-bond acceptors (Lipinski definition) is 4. The standard InChI is InChI=1S/C16H22BrN3O2/c1-16(18,11-3-5-12(17)6-4-11)15(21)20-9-13-14(10-20)22-8-7-19(13)2/h3-6,13-14H,7-10,18H2,1-2H3.